The van der Waals surface area contributed by atoms with Crippen LogP contribution in [0.3, 0.4) is 0 Å². The number of hydrogen-bond donors (Lipinski definition) is 2. The van der Waals surface area contributed by atoms with Gasteiger partial charge in [0, 0.05) is 24.2 Å². The summed E-state index contributed by atoms with van der Waals surface area (Å²) in [6.07, 6.45) is 3.00. The van der Waals surface area contributed by atoms with Crippen LogP contribution in [0.4, 0.5) is 5.82 Å². The monoisotopic (exact) mass is 258 g/mol. The highest BCUT2D eigenvalue weighted by Crippen LogP contribution is 2.26. The maximum atomic E-state index is 4.70. The Bertz CT molecular complexity index is 529. The van der Waals surface area contributed by atoms with Crippen LogP contribution >= 0.6 is 0 Å². The van der Waals surface area contributed by atoms with Crippen molar-refractivity contribution < 1.29 is 0 Å². The van der Waals surface area contributed by atoms with Crippen LogP contribution in [0.25, 0.3) is 11.4 Å². The first kappa shape index (κ1) is 13.6. The van der Waals surface area contributed by atoms with Crippen LogP contribution in [0.5, 0.6) is 0 Å². The molecule has 0 radical (unpaired) electrons. The van der Waals surface area contributed by atoms with Gasteiger partial charge in [0.25, 0.3) is 0 Å². The number of H-pyrrole nitrogens is 1. The number of aromatic nitrogens is 3. The summed E-state index contributed by atoms with van der Waals surface area (Å²) >= 11 is 0. The molecule has 4 nitrogen and oxygen atoms in total. The molecule has 0 bridgehead atoms. The van der Waals surface area contributed by atoms with Crippen LogP contribution in [0, 0.1) is 6.92 Å². The molecule has 0 aliphatic carbocycles. The van der Waals surface area contributed by atoms with Crippen molar-refractivity contribution in [2.75, 3.05) is 11.9 Å². The van der Waals surface area contributed by atoms with Crippen molar-refractivity contribution in [1.82, 2.24) is 15.0 Å². The van der Waals surface area contributed by atoms with Crippen molar-refractivity contribution in [1.29, 1.82) is 0 Å². The molecule has 0 aromatic carbocycles. The molecule has 0 saturated heterocycles. The summed E-state index contributed by atoms with van der Waals surface area (Å²) < 4.78 is 0. The lowest BCUT2D eigenvalue weighted by atomic mass is 10.1. The topological polar surface area (TPSA) is 53.6 Å². The molecule has 2 rings (SSSR count). The number of anilines is 1. The highest BCUT2D eigenvalue weighted by atomic mass is 15.0. The van der Waals surface area contributed by atoms with Crippen LogP contribution in [0.1, 0.15) is 44.5 Å². The molecule has 2 heterocycles. The number of hydrogen-bond acceptors (Lipinski definition) is 3. The van der Waals surface area contributed by atoms with E-state index in [1.165, 1.54) is 0 Å². The van der Waals surface area contributed by atoms with E-state index in [9.17, 15) is 0 Å². The molecule has 0 spiro atoms. The molecule has 2 aromatic heterocycles. The summed E-state index contributed by atoms with van der Waals surface area (Å²) in [5.41, 5.74) is 3.13. The Morgan fingerprint density at radius 2 is 2.11 bits per heavy atom. The van der Waals surface area contributed by atoms with Crippen LogP contribution in [-0.4, -0.2) is 21.5 Å². The fourth-order valence-corrected chi connectivity index (χ4v) is 1.95. The molecular formula is C15H22N4. The van der Waals surface area contributed by atoms with Crippen LogP contribution in [0.2, 0.25) is 0 Å². The normalized spacial score (nSPS) is 11.0. The van der Waals surface area contributed by atoms with Gasteiger partial charge in [-0.2, -0.15) is 0 Å². The molecule has 2 N–H and O–H groups in total. The van der Waals surface area contributed by atoms with E-state index in [4.69, 9.17) is 4.98 Å². The number of nitrogens with one attached hydrogen (secondary N) is 2. The van der Waals surface area contributed by atoms with Gasteiger partial charge in [0.1, 0.15) is 11.6 Å². The van der Waals surface area contributed by atoms with Gasteiger partial charge in [-0.15, -0.1) is 0 Å². The summed E-state index contributed by atoms with van der Waals surface area (Å²) in [5, 5.41) is 3.40. The molecule has 19 heavy (non-hydrogen) atoms. The second-order valence-corrected chi connectivity index (χ2v) is 5.07. The van der Waals surface area contributed by atoms with Gasteiger partial charge in [0.15, 0.2) is 0 Å². The molecule has 0 amide bonds. The highest BCUT2D eigenvalue weighted by molar-refractivity contribution is 5.65. The average molecular weight is 258 g/mol. The minimum Gasteiger partial charge on any atom is -0.370 e. The number of rotatable bonds is 5. The van der Waals surface area contributed by atoms with Crippen LogP contribution in [0.15, 0.2) is 18.3 Å². The zero-order chi connectivity index (χ0) is 13.8. The Kier molecular flexibility index (Phi) is 4.20. The summed E-state index contributed by atoms with van der Waals surface area (Å²) in [4.78, 5) is 12.6. The van der Waals surface area contributed by atoms with Gasteiger partial charge < -0.3 is 10.3 Å². The summed E-state index contributed by atoms with van der Waals surface area (Å²) in [7, 11) is 0. The Hall–Kier alpha value is -1.84. The third-order valence-electron chi connectivity index (χ3n) is 3.08. The van der Waals surface area contributed by atoms with Gasteiger partial charge in [0.05, 0.1) is 11.4 Å². The van der Waals surface area contributed by atoms with Gasteiger partial charge in [-0.25, -0.2) is 9.97 Å². The van der Waals surface area contributed by atoms with Crippen molar-refractivity contribution in [2.45, 2.75) is 40.0 Å². The number of nitrogens with zero attached hydrogens (tertiary/aromatic N) is 2. The van der Waals surface area contributed by atoms with Gasteiger partial charge in [-0.05, 0) is 25.5 Å². The minimum atomic E-state index is 0.316. The van der Waals surface area contributed by atoms with Crippen LogP contribution < -0.4 is 5.32 Å². The maximum absolute atomic E-state index is 4.70. The molecule has 0 atom stereocenters. The summed E-state index contributed by atoms with van der Waals surface area (Å²) in [6, 6.07) is 4.04. The van der Waals surface area contributed by atoms with Gasteiger partial charge in [-0.3, -0.25) is 0 Å². The molecule has 0 aliphatic rings. The predicted octanol–water partition coefficient (Wildman–Crippen LogP) is 3.73. The van der Waals surface area contributed by atoms with Crippen molar-refractivity contribution in [3.8, 4) is 11.4 Å². The Morgan fingerprint density at radius 3 is 2.68 bits per heavy atom. The molecule has 102 valence electrons. The standard InChI is InChI=1S/C15H22N4/c1-5-8-17-15-11(4)13(12-7-6-9-16-12)18-14(19-15)10(2)3/h6-7,9-10,16H,5,8H2,1-4H3,(H,17,18,19). The van der Waals surface area contributed by atoms with E-state index in [2.05, 4.69) is 43.0 Å². The van der Waals surface area contributed by atoms with Crippen molar-refractivity contribution >= 4 is 5.82 Å². The fourth-order valence-electron chi connectivity index (χ4n) is 1.95. The smallest absolute Gasteiger partial charge is 0.134 e. The largest absolute Gasteiger partial charge is 0.370 e. The zero-order valence-corrected chi connectivity index (χ0v) is 12.1. The van der Waals surface area contributed by atoms with E-state index in [1.807, 2.05) is 18.3 Å². The molecule has 2 aromatic rings. The Labute approximate surface area is 114 Å². The number of aromatic amines is 1. The summed E-state index contributed by atoms with van der Waals surface area (Å²) in [6.45, 7) is 9.39. The van der Waals surface area contributed by atoms with Gasteiger partial charge >= 0.3 is 0 Å². The SMILES string of the molecule is CCCNc1nc(C(C)C)nc(-c2ccc[nH]2)c1C. The average Bonchev–Trinajstić information content (AvgIpc) is 2.91. The first-order valence-corrected chi connectivity index (χ1v) is 6.89. The molecule has 0 aliphatic heterocycles. The highest BCUT2D eigenvalue weighted by Gasteiger charge is 2.14. The van der Waals surface area contributed by atoms with Crippen molar-refractivity contribution in [3.63, 3.8) is 0 Å². The van der Waals surface area contributed by atoms with Crippen molar-refractivity contribution in [2.24, 2.45) is 0 Å². The molecule has 4 heteroatoms. The van der Waals surface area contributed by atoms with E-state index < -0.39 is 0 Å². The predicted molar refractivity (Wildman–Crippen MR) is 79.4 cm³/mol. The minimum absolute atomic E-state index is 0.316. The summed E-state index contributed by atoms with van der Waals surface area (Å²) in [5.74, 6) is 2.15. The third-order valence-corrected chi connectivity index (χ3v) is 3.08. The first-order chi connectivity index (χ1) is 9.13. The maximum Gasteiger partial charge on any atom is 0.134 e. The van der Waals surface area contributed by atoms with Gasteiger partial charge in [-0.1, -0.05) is 20.8 Å². The second kappa shape index (κ2) is 5.87. The van der Waals surface area contributed by atoms with Crippen molar-refractivity contribution in [3.05, 3.63) is 29.7 Å². The second-order valence-electron chi connectivity index (χ2n) is 5.07. The lowest BCUT2D eigenvalue weighted by Gasteiger charge is -2.14. The fraction of sp³-hybridized carbons (Fsp3) is 0.467. The zero-order valence-electron chi connectivity index (χ0n) is 12.1. The van der Waals surface area contributed by atoms with E-state index in [1.54, 1.807) is 0 Å². The molecule has 0 saturated carbocycles. The Balaban J connectivity index is 2.49. The van der Waals surface area contributed by atoms with Crippen LogP contribution in [-0.2, 0) is 0 Å². The lowest BCUT2D eigenvalue weighted by Crippen LogP contribution is -2.10. The first-order valence-electron chi connectivity index (χ1n) is 6.89. The third kappa shape index (κ3) is 2.95. The quantitative estimate of drug-likeness (QED) is 0.859. The van der Waals surface area contributed by atoms with E-state index in [0.29, 0.717) is 5.92 Å². The molecular weight excluding hydrogens is 236 g/mol. The lowest BCUT2D eigenvalue weighted by molar-refractivity contribution is 0.772. The Morgan fingerprint density at radius 1 is 1.32 bits per heavy atom. The van der Waals surface area contributed by atoms with E-state index in [-0.39, 0.29) is 0 Å². The van der Waals surface area contributed by atoms with E-state index >= 15 is 0 Å². The molecule has 0 unspecified atom stereocenters. The molecule has 0 fully saturated rings. The van der Waals surface area contributed by atoms with Gasteiger partial charge in [0.2, 0.25) is 0 Å². The van der Waals surface area contributed by atoms with E-state index in [0.717, 1.165) is 41.6 Å².